The van der Waals surface area contributed by atoms with Crippen molar-refractivity contribution < 1.29 is 4.74 Å². The third kappa shape index (κ3) is 5.93. The van der Waals surface area contributed by atoms with E-state index in [1.807, 2.05) is 13.0 Å². The Labute approximate surface area is 189 Å². The number of nitrogens with zero attached hydrogens (tertiary/aromatic N) is 5. The molecule has 1 fully saturated rings. The first-order valence-corrected chi connectivity index (χ1v) is 11.9. The Kier molecular flexibility index (Phi) is 7.37. The number of aromatic nitrogens is 4. The van der Waals surface area contributed by atoms with Crippen LogP contribution in [0, 0.1) is 13.8 Å². The molecule has 0 amide bonds. The van der Waals surface area contributed by atoms with Crippen LogP contribution >= 0.6 is 11.8 Å². The zero-order chi connectivity index (χ0) is 21.6. The van der Waals surface area contributed by atoms with Crippen molar-refractivity contribution in [3.8, 4) is 0 Å². The van der Waals surface area contributed by atoms with Crippen molar-refractivity contribution >= 4 is 11.8 Å². The molecule has 0 aliphatic carbocycles. The maximum absolute atomic E-state index is 5.92. The van der Waals surface area contributed by atoms with Crippen LogP contribution in [-0.4, -0.2) is 44.4 Å². The molecule has 1 aromatic carbocycles. The molecule has 6 nitrogen and oxygen atoms in total. The molecule has 2 aromatic heterocycles. The minimum absolute atomic E-state index is 0.247. The van der Waals surface area contributed by atoms with Gasteiger partial charge in [0, 0.05) is 24.6 Å². The van der Waals surface area contributed by atoms with Crippen LogP contribution in [0.5, 0.6) is 0 Å². The van der Waals surface area contributed by atoms with Crippen LogP contribution in [-0.2, 0) is 30.1 Å². The summed E-state index contributed by atoms with van der Waals surface area (Å²) in [6.07, 6.45) is 2.48. The molecule has 0 N–H and O–H groups in total. The van der Waals surface area contributed by atoms with E-state index in [0.717, 1.165) is 67.2 Å². The fraction of sp³-hybridized carbons (Fsp3) is 0.458. The molecular weight excluding hydrogens is 406 g/mol. The molecule has 0 spiro atoms. The van der Waals surface area contributed by atoms with E-state index in [1.54, 1.807) is 11.8 Å². The Balaban J connectivity index is 1.48. The zero-order valence-electron chi connectivity index (χ0n) is 18.6. The summed E-state index contributed by atoms with van der Waals surface area (Å²) in [5.74, 6) is 1.87. The lowest BCUT2D eigenvalue weighted by Crippen LogP contribution is -2.23. The van der Waals surface area contributed by atoms with E-state index in [9.17, 15) is 0 Å². The van der Waals surface area contributed by atoms with Gasteiger partial charge in [0.15, 0.2) is 5.16 Å². The minimum atomic E-state index is 0.247. The van der Waals surface area contributed by atoms with Crippen molar-refractivity contribution in [2.45, 2.75) is 63.3 Å². The maximum Gasteiger partial charge on any atom is 0.191 e. The maximum atomic E-state index is 5.92. The van der Waals surface area contributed by atoms with E-state index in [1.165, 1.54) is 11.1 Å². The summed E-state index contributed by atoms with van der Waals surface area (Å²) in [4.78, 5) is 6.87. The van der Waals surface area contributed by atoms with Crippen molar-refractivity contribution in [1.29, 1.82) is 0 Å². The third-order valence-electron chi connectivity index (χ3n) is 5.61. The van der Waals surface area contributed by atoms with E-state index in [4.69, 9.17) is 4.74 Å². The summed E-state index contributed by atoms with van der Waals surface area (Å²) >= 11 is 1.75. The number of thioether (sulfide) groups is 1. The first kappa shape index (κ1) is 22.0. The third-order valence-corrected chi connectivity index (χ3v) is 6.63. The number of aryl methyl sites for hydroxylation is 2. The lowest BCUT2D eigenvalue weighted by molar-refractivity contribution is 0.0934. The molecule has 0 unspecified atom stereocenters. The summed E-state index contributed by atoms with van der Waals surface area (Å²) in [6.45, 7) is 7.36. The van der Waals surface area contributed by atoms with E-state index in [0.29, 0.717) is 0 Å². The fourth-order valence-electron chi connectivity index (χ4n) is 3.89. The largest absolute Gasteiger partial charge is 0.376 e. The first-order valence-electron chi connectivity index (χ1n) is 10.9. The molecule has 0 bridgehead atoms. The molecule has 31 heavy (non-hydrogen) atoms. The molecule has 1 atom stereocenters. The SMILES string of the molecule is Cc1cccc(CN(C)Cc2nnc(SCc3ccccc3C)n2C[C@@H]2CCCO2)n1. The zero-order valence-corrected chi connectivity index (χ0v) is 19.4. The average Bonchev–Trinajstić information content (AvgIpc) is 3.38. The number of pyridine rings is 1. The monoisotopic (exact) mass is 437 g/mol. The molecule has 1 saturated heterocycles. The Morgan fingerprint density at radius 2 is 1.97 bits per heavy atom. The lowest BCUT2D eigenvalue weighted by Gasteiger charge is -2.19. The first-order chi connectivity index (χ1) is 15.1. The predicted molar refractivity (Wildman–Crippen MR) is 124 cm³/mol. The van der Waals surface area contributed by atoms with E-state index >= 15 is 0 Å². The summed E-state index contributed by atoms with van der Waals surface area (Å²) < 4.78 is 8.19. The minimum Gasteiger partial charge on any atom is -0.376 e. The molecule has 164 valence electrons. The Hall–Kier alpha value is -2.22. The second-order valence-electron chi connectivity index (χ2n) is 8.30. The van der Waals surface area contributed by atoms with Crippen molar-refractivity contribution in [3.05, 3.63) is 70.8 Å². The summed E-state index contributed by atoms with van der Waals surface area (Å²) in [6, 6.07) is 14.7. The summed E-state index contributed by atoms with van der Waals surface area (Å²) in [5.41, 5.74) is 4.76. The second kappa shape index (κ2) is 10.4. The molecule has 1 aliphatic rings. The number of hydrogen-bond acceptors (Lipinski definition) is 6. The van der Waals surface area contributed by atoms with Gasteiger partial charge in [-0.25, -0.2) is 0 Å². The van der Waals surface area contributed by atoms with Crippen LogP contribution in [0.3, 0.4) is 0 Å². The van der Waals surface area contributed by atoms with Gasteiger partial charge < -0.3 is 9.30 Å². The second-order valence-corrected chi connectivity index (χ2v) is 9.24. The van der Waals surface area contributed by atoms with Gasteiger partial charge in [-0.1, -0.05) is 42.1 Å². The topological polar surface area (TPSA) is 56.1 Å². The van der Waals surface area contributed by atoms with Crippen molar-refractivity contribution in [3.63, 3.8) is 0 Å². The summed E-state index contributed by atoms with van der Waals surface area (Å²) in [5, 5.41) is 10.1. The van der Waals surface area contributed by atoms with Gasteiger partial charge in [-0.2, -0.15) is 0 Å². The van der Waals surface area contributed by atoms with Crippen LogP contribution in [0.25, 0.3) is 0 Å². The van der Waals surface area contributed by atoms with E-state index in [-0.39, 0.29) is 6.10 Å². The lowest BCUT2D eigenvalue weighted by atomic mass is 10.1. The molecule has 3 heterocycles. The number of rotatable bonds is 9. The molecular formula is C24H31N5OS. The van der Waals surface area contributed by atoms with Crippen molar-refractivity contribution in [1.82, 2.24) is 24.6 Å². The molecule has 7 heteroatoms. The molecule has 3 aromatic rings. The quantitative estimate of drug-likeness (QED) is 0.463. The fourth-order valence-corrected chi connectivity index (χ4v) is 4.94. The molecule has 0 saturated carbocycles. The Morgan fingerprint density at radius 1 is 1.10 bits per heavy atom. The predicted octanol–water partition coefficient (Wildman–Crippen LogP) is 4.39. The number of hydrogen-bond donors (Lipinski definition) is 0. The van der Waals surface area contributed by atoms with Gasteiger partial charge in [0.1, 0.15) is 5.82 Å². The molecule has 0 radical (unpaired) electrons. The Bertz CT molecular complexity index is 999. The Morgan fingerprint density at radius 3 is 2.74 bits per heavy atom. The molecule has 1 aliphatic heterocycles. The highest BCUT2D eigenvalue weighted by Crippen LogP contribution is 2.26. The van der Waals surface area contributed by atoms with Crippen LogP contribution in [0.15, 0.2) is 47.6 Å². The van der Waals surface area contributed by atoms with Crippen molar-refractivity contribution in [2.24, 2.45) is 0 Å². The van der Waals surface area contributed by atoms with E-state index < -0.39 is 0 Å². The highest BCUT2D eigenvalue weighted by atomic mass is 32.2. The highest BCUT2D eigenvalue weighted by Gasteiger charge is 2.22. The van der Waals surface area contributed by atoms with Crippen LogP contribution in [0.1, 0.15) is 41.2 Å². The van der Waals surface area contributed by atoms with Crippen LogP contribution < -0.4 is 0 Å². The van der Waals surface area contributed by atoms with Gasteiger partial charge in [-0.15, -0.1) is 10.2 Å². The van der Waals surface area contributed by atoms with Crippen LogP contribution in [0.4, 0.5) is 0 Å². The standard InChI is InChI=1S/C24H31N5OS/c1-18-8-4-5-10-20(18)17-31-24-27-26-23(29(24)15-22-12-7-13-30-22)16-28(3)14-21-11-6-9-19(2)25-21/h4-6,8-11,22H,7,12-17H2,1-3H3/t22-/m0/s1. The highest BCUT2D eigenvalue weighted by molar-refractivity contribution is 7.98. The summed E-state index contributed by atoms with van der Waals surface area (Å²) in [7, 11) is 2.11. The smallest absolute Gasteiger partial charge is 0.191 e. The number of ether oxygens (including phenoxy) is 1. The average molecular weight is 438 g/mol. The van der Waals surface area contributed by atoms with Crippen LogP contribution in [0.2, 0.25) is 0 Å². The normalized spacial score (nSPS) is 16.3. The van der Waals surface area contributed by atoms with Gasteiger partial charge in [0.05, 0.1) is 24.9 Å². The number of benzene rings is 1. The van der Waals surface area contributed by atoms with Crippen molar-refractivity contribution in [2.75, 3.05) is 13.7 Å². The van der Waals surface area contributed by atoms with E-state index in [2.05, 4.69) is 75.0 Å². The molecule has 4 rings (SSSR count). The van der Waals surface area contributed by atoms with Gasteiger partial charge in [0.2, 0.25) is 0 Å². The van der Waals surface area contributed by atoms with Gasteiger partial charge in [0.25, 0.3) is 0 Å². The van der Waals surface area contributed by atoms with Gasteiger partial charge in [-0.3, -0.25) is 9.88 Å². The van der Waals surface area contributed by atoms with Gasteiger partial charge >= 0.3 is 0 Å². The van der Waals surface area contributed by atoms with Gasteiger partial charge in [-0.05, 0) is 57.0 Å².